The lowest BCUT2D eigenvalue weighted by molar-refractivity contribution is 0.0853. The summed E-state index contributed by atoms with van der Waals surface area (Å²) in [6, 6.07) is 4.07. The zero-order valence-electron chi connectivity index (χ0n) is 11.3. The van der Waals surface area contributed by atoms with E-state index in [2.05, 4.69) is 15.0 Å². The number of anilines is 1. The van der Waals surface area contributed by atoms with Gasteiger partial charge in [-0.05, 0) is 31.9 Å². The molecule has 0 bridgehead atoms. The van der Waals surface area contributed by atoms with Crippen LogP contribution in [0.15, 0.2) is 17.3 Å². The average molecular weight is 264 g/mol. The third-order valence-electron chi connectivity index (χ3n) is 3.44. The van der Waals surface area contributed by atoms with E-state index in [1.54, 1.807) is 6.07 Å². The predicted molar refractivity (Wildman–Crippen MR) is 73.7 cm³/mol. The van der Waals surface area contributed by atoms with Crippen LogP contribution in [0.25, 0.3) is 0 Å². The van der Waals surface area contributed by atoms with Crippen molar-refractivity contribution in [3.8, 4) is 0 Å². The Kier molecular flexibility index (Phi) is 4.21. The molecule has 1 aromatic heterocycles. The van der Waals surface area contributed by atoms with Gasteiger partial charge in [0.25, 0.3) is 0 Å². The third-order valence-corrected chi connectivity index (χ3v) is 3.44. The van der Waals surface area contributed by atoms with Crippen LogP contribution in [0, 0.1) is 6.92 Å². The quantitative estimate of drug-likeness (QED) is 0.369. The molecule has 0 aliphatic carbocycles. The Hall–Kier alpha value is -1.82. The maximum atomic E-state index is 8.77. The van der Waals surface area contributed by atoms with E-state index in [4.69, 9.17) is 15.7 Å². The first-order chi connectivity index (χ1) is 9.11. The second-order valence-electron chi connectivity index (χ2n) is 4.80. The second kappa shape index (κ2) is 5.88. The summed E-state index contributed by atoms with van der Waals surface area (Å²) >= 11 is 0. The number of nitrogens with zero attached hydrogens (tertiary/aromatic N) is 3. The van der Waals surface area contributed by atoms with Crippen LogP contribution in [-0.2, 0) is 4.74 Å². The van der Waals surface area contributed by atoms with Crippen molar-refractivity contribution < 1.29 is 9.94 Å². The Balaban J connectivity index is 2.25. The first-order valence-corrected chi connectivity index (χ1v) is 6.39. The summed E-state index contributed by atoms with van der Waals surface area (Å²) in [5.74, 6) is 0.945. The summed E-state index contributed by atoms with van der Waals surface area (Å²) in [6.07, 6.45) is 1.98. The van der Waals surface area contributed by atoms with E-state index in [9.17, 15) is 0 Å². The van der Waals surface area contributed by atoms with Crippen molar-refractivity contribution in [3.63, 3.8) is 0 Å². The minimum Gasteiger partial charge on any atom is -0.409 e. The van der Waals surface area contributed by atoms with Crippen LogP contribution in [0.3, 0.4) is 0 Å². The summed E-state index contributed by atoms with van der Waals surface area (Å²) < 4.78 is 5.37. The highest BCUT2D eigenvalue weighted by atomic mass is 16.5. The van der Waals surface area contributed by atoms with Gasteiger partial charge in [0, 0.05) is 37.6 Å². The van der Waals surface area contributed by atoms with Crippen LogP contribution in [0.2, 0.25) is 0 Å². The molecule has 1 fully saturated rings. The molecule has 0 spiro atoms. The molecule has 0 radical (unpaired) electrons. The molecule has 104 valence electrons. The minimum atomic E-state index is 0.104. The highest BCUT2D eigenvalue weighted by Crippen LogP contribution is 2.21. The Morgan fingerprint density at radius 2 is 2.16 bits per heavy atom. The Morgan fingerprint density at radius 3 is 2.79 bits per heavy atom. The van der Waals surface area contributed by atoms with Crippen molar-refractivity contribution in [1.82, 2.24) is 4.98 Å². The number of pyridine rings is 1. The molecule has 0 atom stereocenters. The van der Waals surface area contributed by atoms with Crippen molar-refractivity contribution in [3.05, 3.63) is 23.4 Å². The van der Waals surface area contributed by atoms with Crippen molar-refractivity contribution in [1.29, 1.82) is 0 Å². The second-order valence-corrected chi connectivity index (χ2v) is 4.80. The SMILES string of the molecule is Cc1cc(/C(N)=N/O)cc(N(C)C2CCOCC2)n1. The zero-order valence-corrected chi connectivity index (χ0v) is 11.3. The van der Waals surface area contributed by atoms with Gasteiger partial charge in [-0.2, -0.15) is 0 Å². The summed E-state index contributed by atoms with van der Waals surface area (Å²) in [4.78, 5) is 6.66. The fourth-order valence-corrected chi connectivity index (χ4v) is 2.30. The molecule has 19 heavy (non-hydrogen) atoms. The largest absolute Gasteiger partial charge is 0.409 e. The zero-order chi connectivity index (χ0) is 13.8. The summed E-state index contributed by atoms with van der Waals surface area (Å²) in [5, 5.41) is 11.8. The van der Waals surface area contributed by atoms with E-state index in [1.165, 1.54) is 0 Å². The van der Waals surface area contributed by atoms with E-state index < -0.39 is 0 Å². The van der Waals surface area contributed by atoms with Gasteiger partial charge in [0.15, 0.2) is 5.84 Å². The van der Waals surface area contributed by atoms with E-state index in [-0.39, 0.29) is 5.84 Å². The number of hydrogen-bond donors (Lipinski definition) is 2. The van der Waals surface area contributed by atoms with E-state index in [0.29, 0.717) is 11.6 Å². The monoisotopic (exact) mass is 264 g/mol. The summed E-state index contributed by atoms with van der Waals surface area (Å²) in [5.41, 5.74) is 7.17. The molecule has 1 saturated heterocycles. The van der Waals surface area contributed by atoms with Gasteiger partial charge in [-0.15, -0.1) is 0 Å². The first-order valence-electron chi connectivity index (χ1n) is 6.39. The van der Waals surface area contributed by atoms with Crippen LogP contribution in [0.4, 0.5) is 5.82 Å². The summed E-state index contributed by atoms with van der Waals surface area (Å²) in [6.45, 7) is 3.47. The lowest BCUT2D eigenvalue weighted by Crippen LogP contribution is -2.37. The fraction of sp³-hybridized carbons (Fsp3) is 0.538. The van der Waals surface area contributed by atoms with Gasteiger partial charge in [-0.25, -0.2) is 4.98 Å². The number of ether oxygens (including phenoxy) is 1. The molecule has 2 heterocycles. The molecule has 6 nitrogen and oxygen atoms in total. The molecule has 0 unspecified atom stereocenters. The first kappa shape index (κ1) is 13.6. The van der Waals surface area contributed by atoms with E-state index in [0.717, 1.165) is 37.6 Å². The van der Waals surface area contributed by atoms with E-state index >= 15 is 0 Å². The number of oxime groups is 1. The number of hydrogen-bond acceptors (Lipinski definition) is 5. The van der Waals surface area contributed by atoms with Gasteiger partial charge in [0.1, 0.15) is 5.82 Å². The molecular formula is C13H20N4O2. The molecule has 1 aliphatic rings. The van der Waals surface area contributed by atoms with Gasteiger partial charge >= 0.3 is 0 Å². The maximum Gasteiger partial charge on any atom is 0.170 e. The van der Waals surface area contributed by atoms with Crippen molar-refractivity contribution in [2.24, 2.45) is 10.9 Å². The molecule has 0 amide bonds. The fourth-order valence-electron chi connectivity index (χ4n) is 2.30. The molecule has 3 N–H and O–H groups in total. The van der Waals surface area contributed by atoms with Crippen molar-refractivity contribution in [2.75, 3.05) is 25.2 Å². The normalized spacial score (nSPS) is 17.5. The molecule has 1 aromatic rings. The Bertz CT molecular complexity index is 470. The van der Waals surface area contributed by atoms with Crippen molar-refractivity contribution in [2.45, 2.75) is 25.8 Å². The topological polar surface area (TPSA) is 84.0 Å². The molecular weight excluding hydrogens is 244 g/mol. The lowest BCUT2D eigenvalue weighted by atomic mass is 10.1. The number of aryl methyl sites for hydroxylation is 1. The van der Waals surface area contributed by atoms with Gasteiger partial charge in [0.05, 0.1) is 0 Å². The molecule has 0 aromatic carbocycles. The third kappa shape index (κ3) is 3.14. The number of aromatic nitrogens is 1. The highest BCUT2D eigenvalue weighted by molar-refractivity contribution is 5.97. The number of rotatable bonds is 3. The average Bonchev–Trinajstić information content (AvgIpc) is 2.45. The smallest absolute Gasteiger partial charge is 0.170 e. The maximum absolute atomic E-state index is 8.77. The van der Waals surface area contributed by atoms with Crippen LogP contribution in [0.5, 0.6) is 0 Å². The van der Waals surface area contributed by atoms with Crippen LogP contribution >= 0.6 is 0 Å². The summed E-state index contributed by atoms with van der Waals surface area (Å²) in [7, 11) is 2.02. The minimum absolute atomic E-state index is 0.104. The van der Waals surface area contributed by atoms with Gasteiger partial charge in [-0.3, -0.25) is 0 Å². The predicted octanol–water partition coefficient (Wildman–Crippen LogP) is 1.10. The van der Waals surface area contributed by atoms with Gasteiger partial charge in [0.2, 0.25) is 0 Å². The highest BCUT2D eigenvalue weighted by Gasteiger charge is 2.20. The Morgan fingerprint density at radius 1 is 1.47 bits per heavy atom. The lowest BCUT2D eigenvalue weighted by Gasteiger charge is -2.32. The Labute approximate surface area is 112 Å². The number of nitrogens with two attached hydrogens (primary N) is 1. The molecule has 2 rings (SSSR count). The molecule has 6 heteroatoms. The van der Waals surface area contributed by atoms with Crippen LogP contribution in [0.1, 0.15) is 24.1 Å². The van der Waals surface area contributed by atoms with Crippen LogP contribution < -0.4 is 10.6 Å². The number of amidine groups is 1. The van der Waals surface area contributed by atoms with E-state index in [1.807, 2.05) is 20.0 Å². The molecule has 1 aliphatic heterocycles. The van der Waals surface area contributed by atoms with Gasteiger partial charge < -0.3 is 20.6 Å². The van der Waals surface area contributed by atoms with Crippen LogP contribution in [-0.4, -0.2) is 42.3 Å². The van der Waals surface area contributed by atoms with Crippen molar-refractivity contribution >= 4 is 11.7 Å². The van der Waals surface area contributed by atoms with Gasteiger partial charge in [-0.1, -0.05) is 5.16 Å². The standard InChI is InChI=1S/C13H20N4O2/c1-9-7-10(13(14)16-18)8-12(15-9)17(2)11-3-5-19-6-4-11/h7-8,11,18H,3-6H2,1-2H3,(H2,14,16). The molecule has 0 saturated carbocycles.